The first-order valence-corrected chi connectivity index (χ1v) is 15.0. The summed E-state index contributed by atoms with van der Waals surface area (Å²) in [6, 6.07) is 26.1. The third-order valence-electron chi connectivity index (χ3n) is 6.65. The van der Waals surface area contributed by atoms with Crippen LogP contribution in [0.4, 0.5) is 0 Å². The van der Waals surface area contributed by atoms with Crippen molar-refractivity contribution in [2.45, 2.75) is 51.4 Å². The van der Waals surface area contributed by atoms with E-state index in [0.717, 1.165) is 15.9 Å². The van der Waals surface area contributed by atoms with Gasteiger partial charge in [-0.1, -0.05) is 78.9 Å². The third kappa shape index (κ3) is 8.04. The zero-order valence-electron chi connectivity index (χ0n) is 24.3. The van der Waals surface area contributed by atoms with E-state index in [1.165, 1.54) is 27.9 Å². The standard InChI is InChI=1S/C32H34NO9P/c1-20(34)39-19-26-29(40-21(2)35)30(41-22(3)36)28(32(38-4)42-26)33-31(37)25-17-11-12-18-27(25)43(23-13-7-5-8-14-23)24-15-9-6-10-16-24/h5-18,26,28-30,32H,19H2,1-4H3,(H,33,37)/t26-,28-,29-,30-,32+/m1/s1. The molecule has 1 heterocycles. The van der Waals surface area contributed by atoms with Gasteiger partial charge in [0.15, 0.2) is 18.5 Å². The average molecular weight is 608 g/mol. The van der Waals surface area contributed by atoms with Crippen molar-refractivity contribution >= 4 is 47.7 Å². The van der Waals surface area contributed by atoms with Gasteiger partial charge >= 0.3 is 17.9 Å². The summed E-state index contributed by atoms with van der Waals surface area (Å²) in [5.74, 6) is -2.41. The van der Waals surface area contributed by atoms with Crippen LogP contribution in [-0.4, -0.2) is 68.2 Å². The highest BCUT2D eigenvalue weighted by Gasteiger charge is 2.51. The summed E-state index contributed by atoms with van der Waals surface area (Å²) in [5.41, 5.74) is 0.406. The van der Waals surface area contributed by atoms with Gasteiger partial charge in [-0.3, -0.25) is 19.2 Å². The van der Waals surface area contributed by atoms with Crippen LogP contribution in [0.3, 0.4) is 0 Å². The van der Waals surface area contributed by atoms with Gasteiger partial charge < -0.3 is 29.0 Å². The van der Waals surface area contributed by atoms with E-state index >= 15 is 0 Å². The quantitative estimate of drug-likeness (QED) is 0.210. The number of methoxy groups -OCH3 is 1. The number of rotatable bonds is 10. The number of benzene rings is 3. The number of carbonyl (C=O) groups excluding carboxylic acids is 4. The zero-order valence-corrected chi connectivity index (χ0v) is 25.2. The molecule has 1 amide bonds. The Hall–Kier alpha value is -4.11. The highest BCUT2D eigenvalue weighted by atomic mass is 31.1. The van der Waals surface area contributed by atoms with Crippen LogP contribution in [0.1, 0.15) is 31.1 Å². The molecule has 1 saturated heterocycles. The van der Waals surface area contributed by atoms with E-state index < -0.39 is 62.4 Å². The summed E-state index contributed by atoms with van der Waals surface area (Å²) < 4.78 is 27.8. The summed E-state index contributed by atoms with van der Waals surface area (Å²) in [6.45, 7) is 3.31. The summed E-state index contributed by atoms with van der Waals surface area (Å²) in [7, 11) is 0.235. The van der Waals surface area contributed by atoms with Crippen molar-refractivity contribution in [1.82, 2.24) is 5.32 Å². The van der Waals surface area contributed by atoms with Crippen molar-refractivity contribution < 1.29 is 42.9 Å². The number of hydrogen-bond donors (Lipinski definition) is 1. The molecule has 3 aromatic carbocycles. The molecule has 0 spiro atoms. The molecule has 0 bridgehead atoms. The minimum atomic E-state index is -1.22. The van der Waals surface area contributed by atoms with Gasteiger partial charge in [0, 0.05) is 33.4 Å². The van der Waals surface area contributed by atoms with Crippen molar-refractivity contribution in [2.24, 2.45) is 0 Å². The van der Waals surface area contributed by atoms with E-state index in [1.807, 2.05) is 72.8 Å². The lowest BCUT2D eigenvalue weighted by molar-refractivity contribution is -0.270. The van der Waals surface area contributed by atoms with E-state index in [2.05, 4.69) is 5.32 Å². The molecule has 43 heavy (non-hydrogen) atoms. The fourth-order valence-corrected chi connectivity index (χ4v) is 7.38. The van der Waals surface area contributed by atoms with Gasteiger partial charge in [0.25, 0.3) is 5.91 Å². The van der Waals surface area contributed by atoms with Gasteiger partial charge in [-0.25, -0.2) is 0 Å². The Labute approximate surface area is 251 Å². The van der Waals surface area contributed by atoms with Crippen molar-refractivity contribution in [2.75, 3.05) is 13.7 Å². The third-order valence-corrected chi connectivity index (χ3v) is 9.15. The maximum absolute atomic E-state index is 14.1. The van der Waals surface area contributed by atoms with Gasteiger partial charge in [-0.15, -0.1) is 0 Å². The number of hydrogen-bond acceptors (Lipinski definition) is 9. The summed E-state index contributed by atoms with van der Waals surface area (Å²) >= 11 is 0. The lowest BCUT2D eigenvalue weighted by atomic mass is 9.95. The number of nitrogens with one attached hydrogen (secondary N) is 1. The highest BCUT2D eigenvalue weighted by molar-refractivity contribution is 7.80. The zero-order chi connectivity index (χ0) is 30.9. The summed E-state index contributed by atoms with van der Waals surface area (Å²) in [6.07, 6.45) is -4.61. The first kappa shape index (κ1) is 31.8. The van der Waals surface area contributed by atoms with Crippen LogP contribution >= 0.6 is 7.92 Å². The number of ether oxygens (including phenoxy) is 5. The lowest BCUT2D eigenvalue weighted by Crippen LogP contribution is -2.66. The average Bonchev–Trinajstić information content (AvgIpc) is 2.99. The highest BCUT2D eigenvalue weighted by Crippen LogP contribution is 2.34. The van der Waals surface area contributed by atoms with E-state index in [0.29, 0.717) is 5.56 Å². The number of carbonyl (C=O) groups is 4. The molecule has 5 atom stereocenters. The Morgan fingerprint density at radius 2 is 1.28 bits per heavy atom. The van der Waals surface area contributed by atoms with Gasteiger partial charge in [-0.2, -0.15) is 0 Å². The Kier molecular flexibility index (Phi) is 11.0. The number of esters is 3. The van der Waals surface area contributed by atoms with Crippen LogP contribution in [0.5, 0.6) is 0 Å². The van der Waals surface area contributed by atoms with Crippen LogP contribution in [0, 0.1) is 0 Å². The van der Waals surface area contributed by atoms with Crippen molar-refractivity contribution in [1.29, 1.82) is 0 Å². The molecule has 0 radical (unpaired) electrons. The minimum absolute atomic E-state index is 0.299. The van der Waals surface area contributed by atoms with Crippen molar-refractivity contribution in [3.05, 3.63) is 90.5 Å². The van der Waals surface area contributed by atoms with Crippen LogP contribution < -0.4 is 21.2 Å². The second kappa shape index (κ2) is 14.9. The second-order valence-electron chi connectivity index (χ2n) is 9.75. The molecule has 1 aliphatic heterocycles. The second-order valence-corrected chi connectivity index (χ2v) is 11.9. The molecule has 226 valence electrons. The van der Waals surface area contributed by atoms with Crippen molar-refractivity contribution in [3.63, 3.8) is 0 Å². The van der Waals surface area contributed by atoms with Crippen molar-refractivity contribution in [3.8, 4) is 0 Å². The molecule has 11 heteroatoms. The molecule has 1 fully saturated rings. The maximum atomic E-state index is 14.1. The monoisotopic (exact) mass is 607 g/mol. The first-order valence-electron chi connectivity index (χ1n) is 13.7. The Bertz CT molecular complexity index is 1380. The summed E-state index contributed by atoms with van der Waals surface area (Å²) in [5, 5.41) is 5.85. The van der Waals surface area contributed by atoms with Crippen LogP contribution in [-0.2, 0) is 38.1 Å². The molecule has 1 aliphatic rings. The Morgan fingerprint density at radius 3 is 1.81 bits per heavy atom. The van der Waals surface area contributed by atoms with Crippen LogP contribution in [0.2, 0.25) is 0 Å². The minimum Gasteiger partial charge on any atom is -0.463 e. The molecule has 0 aromatic heterocycles. The van der Waals surface area contributed by atoms with E-state index in [1.54, 1.807) is 12.1 Å². The van der Waals surface area contributed by atoms with Crippen LogP contribution in [0.25, 0.3) is 0 Å². The van der Waals surface area contributed by atoms with E-state index in [9.17, 15) is 19.2 Å². The smallest absolute Gasteiger partial charge is 0.303 e. The molecular weight excluding hydrogens is 573 g/mol. The van der Waals surface area contributed by atoms with E-state index in [-0.39, 0.29) is 6.61 Å². The van der Waals surface area contributed by atoms with Gasteiger partial charge in [0.05, 0.1) is 0 Å². The van der Waals surface area contributed by atoms with Crippen LogP contribution in [0.15, 0.2) is 84.9 Å². The fourth-order valence-electron chi connectivity index (χ4n) is 4.93. The Balaban J connectivity index is 1.73. The number of amides is 1. The predicted octanol–water partition coefficient (Wildman–Crippen LogP) is 2.34. The molecule has 1 N–H and O–H groups in total. The molecule has 4 rings (SSSR count). The first-order chi connectivity index (χ1) is 20.7. The topological polar surface area (TPSA) is 126 Å². The summed E-state index contributed by atoms with van der Waals surface area (Å²) in [4.78, 5) is 49.9. The van der Waals surface area contributed by atoms with E-state index in [4.69, 9.17) is 23.7 Å². The van der Waals surface area contributed by atoms with Gasteiger partial charge in [-0.05, 0) is 29.9 Å². The predicted molar refractivity (Wildman–Crippen MR) is 160 cm³/mol. The largest absolute Gasteiger partial charge is 0.463 e. The normalized spacial score (nSPS) is 21.5. The molecule has 0 unspecified atom stereocenters. The SMILES string of the molecule is CO[C@H]1O[C@H](COC(C)=O)[C@@H](OC(C)=O)[C@H](OC(C)=O)[C@H]1NC(=O)c1ccccc1P(c1ccccc1)c1ccccc1. The fraction of sp³-hybridized carbons (Fsp3) is 0.312. The molecule has 0 saturated carbocycles. The molecular formula is C32H34NO9P. The molecule has 3 aromatic rings. The van der Waals surface area contributed by atoms with Gasteiger partial charge in [0.2, 0.25) is 0 Å². The maximum Gasteiger partial charge on any atom is 0.303 e. The molecule has 0 aliphatic carbocycles. The Morgan fingerprint density at radius 1 is 0.744 bits per heavy atom. The molecule has 10 nitrogen and oxygen atoms in total. The lowest BCUT2D eigenvalue weighted by Gasteiger charge is -2.44. The van der Waals surface area contributed by atoms with Gasteiger partial charge in [0.1, 0.15) is 18.8 Å².